The van der Waals surface area contributed by atoms with Crippen LogP contribution in [0.5, 0.6) is 0 Å². The zero-order valence-electron chi connectivity index (χ0n) is 10.6. The van der Waals surface area contributed by atoms with E-state index in [9.17, 15) is 0 Å². The summed E-state index contributed by atoms with van der Waals surface area (Å²) in [5.74, 6) is 3.48. The maximum absolute atomic E-state index is 5.79. The fourth-order valence-corrected chi connectivity index (χ4v) is 3.38. The van der Waals surface area contributed by atoms with Crippen LogP contribution in [-0.4, -0.2) is 24.8 Å². The minimum atomic E-state index is 0.267. The van der Waals surface area contributed by atoms with Crippen molar-refractivity contribution in [3.8, 4) is 12.3 Å². The van der Waals surface area contributed by atoms with E-state index in [1.807, 2.05) is 0 Å². The van der Waals surface area contributed by atoms with Crippen LogP contribution >= 0.6 is 0 Å². The molecular formula is C14H23NO. The van der Waals surface area contributed by atoms with E-state index in [0.29, 0.717) is 24.1 Å². The van der Waals surface area contributed by atoms with Crippen LogP contribution in [0.4, 0.5) is 0 Å². The third kappa shape index (κ3) is 1.77. The third-order valence-corrected chi connectivity index (χ3v) is 4.37. The number of hydrogen-bond donors (Lipinski definition) is 1. The first-order valence-electron chi connectivity index (χ1n) is 6.42. The summed E-state index contributed by atoms with van der Waals surface area (Å²) in [5.41, 5.74) is 0.267. The summed E-state index contributed by atoms with van der Waals surface area (Å²) >= 11 is 0. The highest BCUT2D eigenvalue weighted by Crippen LogP contribution is 2.52. The van der Waals surface area contributed by atoms with Gasteiger partial charge in [0.15, 0.2) is 0 Å². The number of rotatable bonds is 4. The van der Waals surface area contributed by atoms with Crippen molar-refractivity contribution in [2.75, 3.05) is 6.61 Å². The minimum absolute atomic E-state index is 0.267. The van der Waals surface area contributed by atoms with Crippen LogP contribution in [0.25, 0.3) is 0 Å². The standard InChI is InChI=1S/C14H23NO/c1-5-7-10(6-2)15-12-11-8-9-16-13(11)14(12,3)4/h1,10-13,15H,6-9H2,2-4H3. The number of fused-ring (bicyclic) bond motifs is 1. The maximum atomic E-state index is 5.79. The second kappa shape index (κ2) is 4.39. The fourth-order valence-electron chi connectivity index (χ4n) is 3.38. The predicted molar refractivity (Wildman–Crippen MR) is 66.1 cm³/mol. The zero-order valence-corrected chi connectivity index (χ0v) is 10.6. The Hall–Kier alpha value is -0.520. The van der Waals surface area contributed by atoms with E-state index in [-0.39, 0.29) is 5.41 Å². The first kappa shape index (κ1) is 12.0. The van der Waals surface area contributed by atoms with E-state index in [1.54, 1.807) is 0 Å². The van der Waals surface area contributed by atoms with Gasteiger partial charge in [0, 0.05) is 36.4 Å². The van der Waals surface area contributed by atoms with Crippen molar-refractivity contribution in [3.05, 3.63) is 0 Å². The SMILES string of the molecule is C#CCC(CC)NC1C2CCOC2C1(C)C. The molecule has 4 unspecified atom stereocenters. The summed E-state index contributed by atoms with van der Waals surface area (Å²) in [6.07, 6.45) is 9.01. The number of ether oxygens (including phenoxy) is 1. The molecule has 0 spiro atoms. The molecular weight excluding hydrogens is 198 g/mol. The molecule has 0 aromatic heterocycles. The molecule has 0 aromatic rings. The molecule has 1 saturated carbocycles. The van der Waals surface area contributed by atoms with Crippen molar-refractivity contribution < 1.29 is 4.74 Å². The third-order valence-electron chi connectivity index (χ3n) is 4.37. The van der Waals surface area contributed by atoms with Crippen molar-refractivity contribution in [2.45, 2.75) is 58.2 Å². The van der Waals surface area contributed by atoms with Gasteiger partial charge in [0.1, 0.15) is 0 Å². The summed E-state index contributed by atoms with van der Waals surface area (Å²) in [6, 6.07) is 1.05. The Labute approximate surface area is 99.1 Å². The quantitative estimate of drug-likeness (QED) is 0.735. The van der Waals surface area contributed by atoms with Crippen molar-refractivity contribution in [2.24, 2.45) is 11.3 Å². The van der Waals surface area contributed by atoms with Gasteiger partial charge in [-0.15, -0.1) is 12.3 Å². The second-order valence-electron chi connectivity index (χ2n) is 5.72. The van der Waals surface area contributed by atoms with Gasteiger partial charge in [0.05, 0.1) is 6.10 Å². The lowest BCUT2D eigenvalue weighted by Crippen LogP contribution is -2.67. The van der Waals surface area contributed by atoms with Gasteiger partial charge in [0.2, 0.25) is 0 Å². The number of terminal acetylenes is 1. The normalized spacial score (nSPS) is 37.2. The molecule has 1 aliphatic heterocycles. The zero-order chi connectivity index (χ0) is 11.8. The maximum Gasteiger partial charge on any atom is 0.0685 e. The Morgan fingerprint density at radius 1 is 1.56 bits per heavy atom. The minimum Gasteiger partial charge on any atom is -0.377 e. The van der Waals surface area contributed by atoms with Gasteiger partial charge in [-0.3, -0.25) is 0 Å². The molecule has 2 aliphatic rings. The van der Waals surface area contributed by atoms with Crippen molar-refractivity contribution in [1.82, 2.24) is 5.32 Å². The Balaban J connectivity index is 1.97. The Morgan fingerprint density at radius 3 is 2.94 bits per heavy atom. The lowest BCUT2D eigenvalue weighted by molar-refractivity contribution is -0.115. The fraction of sp³-hybridized carbons (Fsp3) is 0.857. The average Bonchev–Trinajstić information content (AvgIpc) is 2.70. The number of hydrogen-bond acceptors (Lipinski definition) is 2. The molecule has 1 heterocycles. The highest BCUT2D eigenvalue weighted by molar-refractivity contribution is 5.12. The van der Waals surface area contributed by atoms with Gasteiger partial charge in [-0.1, -0.05) is 20.8 Å². The second-order valence-corrected chi connectivity index (χ2v) is 5.72. The van der Waals surface area contributed by atoms with Crippen LogP contribution < -0.4 is 5.32 Å². The van der Waals surface area contributed by atoms with Crippen LogP contribution in [0, 0.1) is 23.7 Å². The van der Waals surface area contributed by atoms with E-state index < -0.39 is 0 Å². The molecule has 0 aromatic carbocycles. The lowest BCUT2D eigenvalue weighted by Gasteiger charge is -2.55. The molecule has 2 heteroatoms. The van der Waals surface area contributed by atoms with Crippen LogP contribution in [0.2, 0.25) is 0 Å². The van der Waals surface area contributed by atoms with Gasteiger partial charge in [-0.25, -0.2) is 0 Å². The summed E-state index contributed by atoms with van der Waals surface area (Å²) in [7, 11) is 0. The van der Waals surface area contributed by atoms with Gasteiger partial charge in [-0.05, 0) is 12.8 Å². The molecule has 2 rings (SSSR count). The smallest absolute Gasteiger partial charge is 0.0685 e. The first-order valence-corrected chi connectivity index (χ1v) is 6.42. The summed E-state index contributed by atoms with van der Waals surface area (Å²) in [5, 5.41) is 3.74. The highest BCUT2D eigenvalue weighted by Gasteiger charge is 2.59. The number of nitrogens with one attached hydrogen (secondary N) is 1. The first-order chi connectivity index (χ1) is 7.61. The van der Waals surface area contributed by atoms with E-state index in [0.717, 1.165) is 19.4 Å². The van der Waals surface area contributed by atoms with Crippen LogP contribution in [0.3, 0.4) is 0 Å². The van der Waals surface area contributed by atoms with E-state index in [4.69, 9.17) is 11.2 Å². The Kier molecular flexibility index (Phi) is 3.28. The van der Waals surface area contributed by atoms with E-state index >= 15 is 0 Å². The Morgan fingerprint density at radius 2 is 2.31 bits per heavy atom. The van der Waals surface area contributed by atoms with Gasteiger partial charge < -0.3 is 10.1 Å². The molecule has 2 nitrogen and oxygen atoms in total. The Bertz CT molecular complexity index is 292. The van der Waals surface area contributed by atoms with Crippen molar-refractivity contribution in [3.63, 3.8) is 0 Å². The molecule has 0 amide bonds. The topological polar surface area (TPSA) is 21.3 Å². The lowest BCUT2D eigenvalue weighted by atomic mass is 9.57. The summed E-state index contributed by atoms with van der Waals surface area (Å²) in [4.78, 5) is 0. The average molecular weight is 221 g/mol. The molecule has 2 fully saturated rings. The van der Waals surface area contributed by atoms with Crippen LogP contribution in [-0.2, 0) is 4.74 Å². The molecule has 1 saturated heterocycles. The van der Waals surface area contributed by atoms with Gasteiger partial charge in [0.25, 0.3) is 0 Å². The summed E-state index contributed by atoms with van der Waals surface area (Å²) in [6.45, 7) is 7.74. The van der Waals surface area contributed by atoms with Gasteiger partial charge in [-0.2, -0.15) is 0 Å². The molecule has 0 radical (unpaired) electrons. The van der Waals surface area contributed by atoms with Crippen molar-refractivity contribution in [1.29, 1.82) is 0 Å². The molecule has 1 aliphatic carbocycles. The molecule has 1 N–H and O–H groups in total. The molecule has 4 atom stereocenters. The monoisotopic (exact) mass is 221 g/mol. The van der Waals surface area contributed by atoms with Crippen molar-refractivity contribution >= 4 is 0 Å². The highest BCUT2D eigenvalue weighted by atomic mass is 16.5. The predicted octanol–water partition coefficient (Wildman–Crippen LogP) is 2.19. The van der Waals surface area contributed by atoms with Crippen LogP contribution in [0.15, 0.2) is 0 Å². The van der Waals surface area contributed by atoms with E-state index in [1.165, 1.54) is 6.42 Å². The molecule has 16 heavy (non-hydrogen) atoms. The molecule has 0 bridgehead atoms. The largest absolute Gasteiger partial charge is 0.377 e. The van der Waals surface area contributed by atoms with E-state index in [2.05, 4.69) is 32.0 Å². The molecule has 90 valence electrons. The van der Waals surface area contributed by atoms with Crippen LogP contribution in [0.1, 0.15) is 40.0 Å². The summed E-state index contributed by atoms with van der Waals surface area (Å²) < 4.78 is 5.79. The van der Waals surface area contributed by atoms with Gasteiger partial charge >= 0.3 is 0 Å².